The molecule has 0 amide bonds. The molecule has 150 valence electrons. The molecule has 1 aromatic carbocycles. The van der Waals surface area contributed by atoms with Crippen LogP contribution in [0.2, 0.25) is 0 Å². The lowest BCUT2D eigenvalue weighted by Gasteiger charge is -2.18. The van der Waals surface area contributed by atoms with E-state index in [0.717, 1.165) is 5.75 Å². The molecule has 28 heavy (non-hydrogen) atoms. The van der Waals surface area contributed by atoms with Crippen LogP contribution in [0.3, 0.4) is 0 Å². The second-order valence-electron chi connectivity index (χ2n) is 5.96. The Morgan fingerprint density at radius 1 is 1.14 bits per heavy atom. The third-order valence-corrected chi connectivity index (χ3v) is 6.34. The minimum Gasteiger partial charge on any atom is -0.493 e. The average molecular weight is 423 g/mol. The van der Waals surface area contributed by atoms with E-state index in [4.69, 9.17) is 9.47 Å². The number of hydrogen-bond donors (Lipinski definition) is 1. The topological polar surface area (TPSA) is 94.8 Å². The molecule has 0 aliphatic carbocycles. The van der Waals surface area contributed by atoms with Gasteiger partial charge in [-0.05, 0) is 42.7 Å². The van der Waals surface area contributed by atoms with E-state index in [9.17, 15) is 8.42 Å². The Balaban J connectivity index is 1.96. The Hall–Kier alpha value is -2.30. The number of sulfonamides is 1. The molecule has 0 bridgehead atoms. The highest BCUT2D eigenvalue weighted by molar-refractivity contribution is 7.98. The smallest absolute Gasteiger partial charge is 0.241 e. The Bertz CT molecular complexity index is 1050. The van der Waals surface area contributed by atoms with Gasteiger partial charge >= 0.3 is 0 Å². The molecule has 3 rings (SSSR count). The van der Waals surface area contributed by atoms with Gasteiger partial charge in [0, 0.05) is 12.3 Å². The number of rotatable bonds is 9. The van der Waals surface area contributed by atoms with Crippen LogP contribution in [0.5, 0.6) is 11.5 Å². The van der Waals surface area contributed by atoms with Crippen LogP contribution < -0.4 is 14.2 Å². The normalized spacial score (nSPS) is 12.8. The zero-order valence-electron chi connectivity index (χ0n) is 15.8. The number of methoxy groups -OCH3 is 2. The van der Waals surface area contributed by atoms with Gasteiger partial charge in [-0.3, -0.25) is 4.40 Å². The minimum absolute atomic E-state index is 0.0909. The fraction of sp³-hybridized carbons (Fsp3) is 0.333. The van der Waals surface area contributed by atoms with Crippen molar-refractivity contribution in [3.8, 4) is 11.5 Å². The van der Waals surface area contributed by atoms with Crippen LogP contribution in [0.1, 0.15) is 18.3 Å². The second-order valence-corrected chi connectivity index (χ2v) is 8.66. The summed E-state index contributed by atoms with van der Waals surface area (Å²) in [6.07, 6.45) is 4.37. The Morgan fingerprint density at radius 3 is 2.64 bits per heavy atom. The van der Waals surface area contributed by atoms with E-state index in [0.29, 0.717) is 29.4 Å². The van der Waals surface area contributed by atoms with E-state index >= 15 is 0 Å². The lowest BCUT2D eigenvalue weighted by Crippen LogP contribution is -2.30. The summed E-state index contributed by atoms with van der Waals surface area (Å²) in [6.45, 7) is 0. The highest BCUT2D eigenvalue weighted by atomic mass is 32.2. The van der Waals surface area contributed by atoms with Gasteiger partial charge in [0.1, 0.15) is 0 Å². The Morgan fingerprint density at radius 2 is 1.93 bits per heavy atom. The minimum atomic E-state index is -3.82. The molecule has 1 atom stereocenters. The van der Waals surface area contributed by atoms with Gasteiger partial charge in [0.2, 0.25) is 10.0 Å². The predicted molar refractivity (Wildman–Crippen MR) is 109 cm³/mol. The maximum atomic E-state index is 13.0. The van der Waals surface area contributed by atoms with Crippen molar-refractivity contribution in [2.24, 2.45) is 0 Å². The zero-order valence-corrected chi connectivity index (χ0v) is 17.5. The third kappa shape index (κ3) is 4.23. The van der Waals surface area contributed by atoms with Crippen molar-refractivity contribution in [2.45, 2.75) is 17.4 Å². The fourth-order valence-electron chi connectivity index (χ4n) is 2.81. The van der Waals surface area contributed by atoms with Crippen LogP contribution in [0.25, 0.3) is 5.65 Å². The summed E-state index contributed by atoms with van der Waals surface area (Å²) < 4.78 is 41.0. The van der Waals surface area contributed by atoms with Crippen molar-refractivity contribution in [2.75, 3.05) is 26.2 Å². The summed E-state index contributed by atoms with van der Waals surface area (Å²) in [5, 5.41) is 8.35. The SMILES string of the molecule is COc1ccc(S(=O)(=O)NC(CCSC)c2nnc3ccccn23)cc1OC. The number of pyridine rings is 1. The summed E-state index contributed by atoms with van der Waals surface area (Å²) >= 11 is 1.64. The van der Waals surface area contributed by atoms with Gasteiger partial charge in [-0.25, -0.2) is 13.1 Å². The standard InChI is InChI=1S/C18H22N4O4S2/c1-25-15-8-7-13(12-16(15)26-2)28(23,24)21-14(9-11-27-3)18-20-19-17-6-4-5-10-22(17)18/h4-8,10,12,14,21H,9,11H2,1-3H3. The van der Waals surface area contributed by atoms with Crippen LogP contribution >= 0.6 is 11.8 Å². The van der Waals surface area contributed by atoms with Crippen molar-refractivity contribution < 1.29 is 17.9 Å². The molecule has 2 heterocycles. The molecule has 0 aliphatic rings. The molecule has 1 N–H and O–H groups in total. The number of ether oxygens (including phenoxy) is 2. The van der Waals surface area contributed by atoms with Gasteiger partial charge in [0.25, 0.3) is 0 Å². The molecule has 0 saturated carbocycles. The van der Waals surface area contributed by atoms with E-state index in [-0.39, 0.29) is 4.90 Å². The quantitative estimate of drug-likeness (QED) is 0.566. The van der Waals surface area contributed by atoms with E-state index in [1.807, 2.05) is 30.7 Å². The molecular formula is C18H22N4O4S2. The van der Waals surface area contributed by atoms with Crippen molar-refractivity contribution in [3.63, 3.8) is 0 Å². The number of fused-ring (bicyclic) bond motifs is 1. The Kier molecular flexibility index (Phi) is 6.42. The van der Waals surface area contributed by atoms with E-state index in [2.05, 4.69) is 14.9 Å². The van der Waals surface area contributed by atoms with Crippen LogP contribution in [0, 0.1) is 0 Å². The number of nitrogens with one attached hydrogen (secondary N) is 1. The summed E-state index contributed by atoms with van der Waals surface area (Å²) in [6, 6.07) is 9.50. The fourth-order valence-corrected chi connectivity index (χ4v) is 4.53. The highest BCUT2D eigenvalue weighted by Crippen LogP contribution is 2.30. The summed E-state index contributed by atoms with van der Waals surface area (Å²) in [5.41, 5.74) is 0.664. The molecule has 2 aromatic heterocycles. The van der Waals surface area contributed by atoms with Crippen LogP contribution in [0.4, 0.5) is 0 Å². The number of hydrogen-bond acceptors (Lipinski definition) is 7. The van der Waals surface area contributed by atoms with Crippen LogP contribution in [0.15, 0.2) is 47.5 Å². The van der Waals surface area contributed by atoms with Crippen molar-refractivity contribution in [3.05, 3.63) is 48.4 Å². The zero-order chi connectivity index (χ0) is 20.1. The van der Waals surface area contributed by atoms with Crippen molar-refractivity contribution in [1.82, 2.24) is 19.3 Å². The predicted octanol–water partition coefficient (Wildman–Crippen LogP) is 2.52. The first-order valence-corrected chi connectivity index (χ1v) is 11.4. The van der Waals surface area contributed by atoms with Crippen LogP contribution in [-0.4, -0.2) is 49.2 Å². The molecule has 0 spiro atoms. The van der Waals surface area contributed by atoms with Gasteiger partial charge in [0.05, 0.1) is 25.2 Å². The number of benzene rings is 1. The van der Waals surface area contributed by atoms with E-state index in [1.54, 1.807) is 22.2 Å². The number of aromatic nitrogens is 3. The lowest BCUT2D eigenvalue weighted by molar-refractivity contribution is 0.354. The summed E-state index contributed by atoms with van der Waals surface area (Å²) in [4.78, 5) is 0.0909. The summed E-state index contributed by atoms with van der Waals surface area (Å²) in [5.74, 6) is 2.12. The molecule has 0 saturated heterocycles. The Labute approximate surface area is 168 Å². The van der Waals surface area contributed by atoms with Gasteiger partial charge in [-0.15, -0.1) is 10.2 Å². The maximum Gasteiger partial charge on any atom is 0.241 e. The van der Waals surface area contributed by atoms with E-state index in [1.165, 1.54) is 26.4 Å². The number of nitrogens with zero attached hydrogens (tertiary/aromatic N) is 3. The first kappa shape index (κ1) is 20.4. The molecular weight excluding hydrogens is 400 g/mol. The first-order chi connectivity index (χ1) is 13.5. The molecule has 3 aromatic rings. The highest BCUT2D eigenvalue weighted by Gasteiger charge is 2.26. The van der Waals surface area contributed by atoms with Crippen LogP contribution in [-0.2, 0) is 10.0 Å². The van der Waals surface area contributed by atoms with Crippen molar-refractivity contribution >= 4 is 27.4 Å². The second kappa shape index (κ2) is 8.80. The number of thioether (sulfide) groups is 1. The molecule has 8 nitrogen and oxygen atoms in total. The van der Waals surface area contributed by atoms with Gasteiger partial charge in [-0.2, -0.15) is 11.8 Å². The monoisotopic (exact) mass is 422 g/mol. The maximum absolute atomic E-state index is 13.0. The average Bonchev–Trinajstić information content (AvgIpc) is 3.14. The molecule has 0 fully saturated rings. The van der Waals surface area contributed by atoms with Gasteiger partial charge in [-0.1, -0.05) is 6.07 Å². The largest absolute Gasteiger partial charge is 0.493 e. The van der Waals surface area contributed by atoms with Gasteiger partial charge < -0.3 is 9.47 Å². The van der Waals surface area contributed by atoms with Gasteiger partial charge in [0.15, 0.2) is 23.0 Å². The molecule has 0 aliphatic heterocycles. The van der Waals surface area contributed by atoms with Crippen molar-refractivity contribution in [1.29, 1.82) is 0 Å². The molecule has 1 unspecified atom stereocenters. The van der Waals surface area contributed by atoms with E-state index < -0.39 is 16.1 Å². The molecule has 10 heteroatoms. The first-order valence-electron chi connectivity index (χ1n) is 8.53. The lowest BCUT2D eigenvalue weighted by atomic mass is 10.2. The molecule has 0 radical (unpaired) electrons. The summed E-state index contributed by atoms with van der Waals surface area (Å²) in [7, 11) is -0.855. The third-order valence-electron chi connectivity index (χ3n) is 4.23.